The van der Waals surface area contributed by atoms with Crippen LogP contribution in [0.3, 0.4) is 0 Å². The number of morpholine rings is 1. The number of nitrogens with zero attached hydrogens (tertiary/aromatic N) is 4. The molecule has 2 aliphatic heterocycles. The molecule has 4 heterocycles. The largest absolute Gasteiger partial charge is 0.378 e. The number of anilines is 1. The Kier molecular flexibility index (Phi) is 3.80. The lowest BCUT2D eigenvalue weighted by molar-refractivity contribution is 0.122. The Morgan fingerprint density at radius 3 is 2.92 bits per heavy atom. The van der Waals surface area contributed by atoms with E-state index in [0.717, 1.165) is 64.7 Å². The fourth-order valence-electron chi connectivity index (χ4n) is 3.23. The average Bonchev–Trinajstić information content (AvgIpc) is 3.28. The monoisotopic (exact) mass is 414 g/mol. The minimum Gasteiger partial charge on any atom is -0.378 e. The van der Waals surface area contributed by atoms with E-state index >= 15 is 0 Å². The Hall–Kier alpha value is -1.83. The fraction of sp³-hybridized carbons (Fsp3) is 0.278. The van der Waals surface area contributed by atoms with Crippen LogP contribution < -0.4 is 4.90 Å². The Bertz CT molecular complexity index is 994. The molecular weight excluding hydrogens is 400 g/mol. The molecule has 1 fully saturated rings. The second-order valence-electron chi connectivity index (χ2n) is 6.12. The van der Waals surface area contributed by atoms with Crippen LogP contribution in [-0.4, -0.2) is 42.5 Å². The van der Waals surface area contributed by atoms with E-state index in [9.17, 15) is 0 Å². The molecule has 1 saturated heterocycles. The molecule has 2 aliphatic rings. The highest BCUT2D eigenvalue weighted by Crippen LogP contribution is 2.37. The lowest BCUT2D eigenvalue weighted by Gasteiger charge is -2.27. The van der Waals surface area contributed by atoms with Crippen LogP contribution in [0.4, 0.5) is 5.95 Å². The number of aromatic nitrogens is 2. The molecule has 5 rings (SSSR count). The van der Waals surface area contributed by atoms with Crippen LogP contribution >= 0.6 is 27.3 Å². The molecule has 1 aromatic carbocycles. The minimum absolute atomic E-state index is 0.719. The predicted molar refractivity (Wildman–Crippen MR) is 105 cm³/mol. The van der Waals surface area contributed by atoms with Gasteiger partial charge < -0.3 is 9.64 Å². The third-order valence-electron chi connectivity index (χ3n) is 4.57. The first-order chi connectivity index (χ1) is 12.3. The number of hydrogen-bond donors (Lipinski definition) is 0. The first-order valence-electron chi connectivity index (χ1n) is 8.20. The van der Waals surface area contributed by atoms with E-state index < -0.39 is 0 Å². The predicted octanol–water partition coefficient (Wildman–Crippen LogP) is 3.89. The van der Waals surface area contributed by atoms with Gasteiger partial charge in [0, 0.05) is 30.2 Å². The summed E-state index contributed by atoms with van der Waals surface area (Å²) in [6, 6.07) is 6.49. The molecule has 2 aromatic heterocycles. The number of rotatable bonds is 2. The molecule has 0 spiro atoms. The van der Waals surface area contributed by atoms with E-state index in [4.69, 9.17) is 14.7 Å². The maximum absolute atomic E-state index is 5.46. The van der Waals surface area contributed by atoms with Crippen LogP contribution in [0.2, 0.25) is 0 Å². The van der Waals surface area contributed by atoms with Crippen molar-refractivity contribution >= 4 is 49.6 Å². The van der Waals surface area contributed by atoms with Crippen LogP contribution in [0.15, 0.2) is 33.0 Å². The smallest absolute Gasteiger partial charge is 0.226 e. The lowest BCUT2D eigenvalue weighted by atomic mass is 10.0. The van der Waals surface area contributed by atoms with E-state index in [-0.39, 0.29) is 0 Å². The van der Waals surface area contributed by atoms with E-state index in [0.29, 0.717) is 0 Å². The molecular formula is C18H15BrN4OS. The Balaban J connectivity index is 1.69. The summed E-state index contributed by atoms with van der Waals surface area (Å²) in [4.78, 5) is 16.3. The molecule has 7 heteroatoms. The van der Waals surface area contributed by atoms with Crippen molar-refractivity contribution in [1.29, 1.82) is 0 Å². The third kappa shape index (κ3) is 2.67. The summed E-state index contributed by atoms with van der Waals surface area (Å²) >= 11 is 5.31. The summed E-state index contributed by atoms with van der Waals surface area (Å²) in [5.74, 6) is 0.777. The standard InChI is InChI=1S/C18H15BrN4OS/c19-14-10-25-17-15(11-1-2-12-8-20-9-13(12)7-11)21-18(22-16(14)17)23-3-5-24-6-4-23/h1-2,7,9-10H,3-6,8H2. The highest BCUT2D eigenvalue weighted by molar-refractivity contribution is 9.10. The molecule has 25 heavy (non-hydrogen) atoms. The summed E-state index contributed by atoms with van der Waals surface area (Å²) < 4.78 is 7.60. The van der Waals surface area contributed by atoms with Gasteiger partial charge in [-0.2, -0.15) is 0 Å². The Labute approximate surface area is 157 Å². The zero-order valence-electron chi connectivity index (χ0n) is 13.4. The van der Waals surface area contributed by atoms with Gasteiger partial charge in [0.1, 0.15) is 5.52 Å². The summed E-state index contributed by atoms with van der Waals surface area (Å²) in [5.41, 5.74) is 5.54. The number of benzene rings is 1. The zero-order chi connectivity index (χ0) is 16.8. The Morgan fingerprint density at radius 2 is 2.04 bits per heavy atom. The van der Waals surface area contributed by atoms with Crippen LogP contribution in [0, 0.1) is 0 Å². The molecule has 126 valence electrons. The van der Waals surface area contributed by atoms with Crippen molar-refractivity contribution in [3.8, 4) is 11.3 Å². The van der Waals surface area contributed by atoms with Gasteiger partial charge in [-0.1, -0.05) is 12.1 Å². The van der Waals surface area contributed by atoms with Crippen molar-refractivity contribution < 1.29 is 4.74 Å². The van der Waals surface area contributed by atoms with Gasteiger partial charge in [0.25, 0.3) is 0 Å². The van der Waals surface area contributed by atoms with Crippen LogP contribution in [-0.2, 0) is 11.3 Å². The minimum atomic E-state index is 0.719. The topological polar surface area (TPSA) is 50.6 Å². The van der Waals surface area contributed by atoms with Crippen molar-refractivity contribution in [2.24, 2.45) is 4.99 Å². The molecule has 0 saturated carbocycles. The molecule has 0 bridgehead atoms. The summed E-state index contributed by atoms with van der Waals surface area (Å²) in [5, 5.41) is 2.08. The highest BCUT2D eigenvalue weighted by atomic mass is 79.9. The maximum Gasteiger partial charge on any atom is 0.226 e. The maximum atomic E-state index is 5.46. The molecule has 3 aromatic rings. The molecule has 0 unspecified atom stereocenters. The quantitative estimate of drug-likeness (QED) is 0.637. The normalized spacial score (nSPS) is 16.6. The number of ether oxygens (including phenoxy) is 1. The van der Waals surface area contributed by atoms with Crippen molar-refractivity contribution in [2.45, 2.75) is 6.54 Å². The molecule has 0 radical (unpaired) electrons. The second-order valence-corrected chi connectivity index (χ2v) is 7.85. The zero-order valence-corrected chi connectivity index (χ0v) is 15.8. The number of hydrogen-bond acceptors (Lipinski definition) is 6. The van der Waals surface area contributed by atoms with Crippen LogP contribution in [0.25, 0.3) is 21.5 Å². The van der Waals surface area contributed by atoms with E-state index in [1.807, 2.05) is 6.21 Å². The van der Waals surface area contributed by atoms with Gasteiger partial charge in [0.2, 0.25) is 5.95 Å². The molecule has 0 atom stereocenters. The lowest BCUT2D eigenvalue weighted by Crippen LogP contribution is -2.37. The van der Waals surface area contributed by atoms with Crippen molar-refractivity contribution in [3.63, 3.8) is 0 Å². The van der Waals surface area contributed by atoms with Gasteiger partial charge in [-0.3, -0.25) is 4.99 Å². The number of fused-ring (bicyclic) bond motifs is 2. The average molecular weight is 415 g/mol. The van der Waals surface area contributed by atoms with Gasteiger partial charge >= 0.3 is 0 Å². The van der Waals surface area contributed by atoms with E-state index in [2.05, 4.69) is 49.4 Å². The molecule has 0 amide bonds. The van der Waals surface area contributed by atoms with Crippen LogP contribution in [0.1, 0.15) is 11.1 Å². The molecule has 0 N–H and O–H groups in total. The first-order valence-corrected chi connectivity index (χ1v) is 9.87. The summed E-state index contributed by atoms with van der Waals surface area (Å²) in [7, 11) is 0. The first kappa shape index (κ1) is 15.4. The van der Waals surface area contributed by atoms with Crippen molar-refractivity contribution in [3.05, 3.63) is 39.2 Å². The fourth-order valence-corrected chi connectivity index (χ4v) is 4.80. The summed E-state index contributed by atoms with van der Waals surface area (Å²) in [6.45, 7) is 3.86. The van der Waals surface area contributed by atoms with E-state index in [1.165, 1.54) is 11.1 Å². The van der Waals surface area contributed by atoms with Gasteiger partial charge in [-0.25, -0.2) is 9.97 Å². The second kappa shape index (κ2) is 6.16. The van der Waals surface area contributed by atoms with Gasteiger partial charge in [-0.05, 0) is 33.1 Å². The van der Waals surface area contributed by atoms with E-state index in [1.54, 1.807) is 11.3 Å². The Morgan fingerprint density at radius 1 is 1.16 bits per heavy atom. The van der Waals surface area contributed by atoms with Crippen molar-refractivity contribution in [1.82, 2.24) is 9.97 Å². The molecule has 5 nitrogen and oxygen atoms in total. The van der Waals surface area contributed by atoms with Crippen molar-refractivity contribution in [2.75, 3.05) is 31.2 Å². The third-order valence-corrected chi connectivity index (χ3v) is 6.45. The summed E-state index contributed by atoms with van der Waals surface area (Å²) in [6.07, 6.45) is 1.95. The SMILES string of the molecule is Brc1csc2c(-c3ccc4c(c3)C=NC4)nc(N3CCOCC3)nc12. The molecule has 0 aliphatic carbocycles. The van der Waals surface area contributed by atoms with Gasteiger partial charge in [0.15, 0.2) is 0 Å². The number of thiophene rings is 1. The highest BCUT2D eigenvalue weighted by Gasteiger charge is 2.20. The van der Waals surface area contributed by atoms with Gasteiger partial charge in [-0.15, -0.1) is 11.3 Å². The number of aliphatic imine (C=N–C) groups is 1. The number of halogens is 1. The van der Waals surface area contributed by atoms with Crippen LogP contribution in [0.5, 0.6) is 0 Å². The van der Waals surface area contributed by atoms with Gasteiger partial charge in [0.05, 0.1) is 34.6 Å².